The highest BCUT2D eigenvalue weighted by Gasteiger charge is 2.40. The monoisotopic (exact) mass is 460 g/mol. The maximum atomic E-state index is 13.6. The van der Waals surface area contributed by atoms with Crippen molar-refractivity contribution < 1.29 is 17.5 Å². The van der Waals surface area contributed by atoms with Crippen molar-refractivity contribution in [1.82, 2.24) is 9.97 Å². The highest BCUT2D eigenvalue weighted by Crippen LogP contribution is 2.44. The van der Waals surface area contributed by atoms with Gasteiger partial charge in [0.05, 0.1) is 17.4 Å². The minimum atomic E-state index is -3.75. The third-order valence-electron chi connectivity index (χ3n) is 5.40. The van der Waals surface area contributed by atoms with E-state index < -0.39 is 21.1 Å². The van der Waals surface area contributed by atoms with Gasteiger partial charge in [-0.05, 0) is 24.3 Å². The Morgan fingerprint density at radius 2 is 1.71 bits per heavy atom. The molecular formula is C21H18ClFN4O3S. The molecule has 3 heterocycles. The Bertz CT molecular complexity index is 1230. The zero-order valence-corrected chi connectivity index (χ0v) is 17.9. The van der Waals surface area contributed by atoms with Gasteiger partial charge < -0.3 is 14.5 Å². The van der Waals surface area contributed by atoms with Gasteiger partial charge in [0.2, 0.25) is 21.2 Å². The van der Waals surface area contributed by atoms with E-state index in [9.17, 15) is 12.8 Å². The second-order valence-electron chi connectivity index (χ2n) is 7.36. The summed E-state index contributed by atoms with van der Waals surface area (Å²) in [4.78, 5) is 12.9. The number of sulfone groups is 1. The van der Waals surface area contributed by atoms with Crippen LogP contribution in [0.2, 0.25) is 5.02 Å². The molecule has 160 valence electrons. The molecule has 1 atom stereocenters. The number of fused-ring (bicyclic) bond motifs is 1. The summed E-state index contributed by atoms with van der Waals surface area (Å²) in [6, 6.07) is 10.6. The molecule has 31 heavy (non-hydrogen) atoms. The summed E-state index contributed by atoms with van der Waals surface area (Å²) in [6.07, 6.45) is 3.15. The smallest absolute Gasteiger partial charge is 0.228 e. The van der Waals surface area contributed by atoms with Crippen molar-refractivity contribution in [3.05, 3.63) is 71.3 Å². The highest BCUT2D eigenvalue weighted by molar-refractivity contribution is 7.91. The number of benzene rings is 2. The molecule has 1 fully saturated rings. The molecule has 0 amide bonds. The second-order valence-corrected chi connectivity index (χ2v) is 9.75. The Labute approximate surface area is 184 Å². The summed E-state index contributed by atoms with van der Waals surface area (Å²) in [5, 5.41) is 0.493. The van der Waals surface area contributed by atoms with Crippen molar-refractivity contribution >= 4 is 33.1 Å². The largest absolute Gasteiger partial charge is 0.468 e. The Kier molecular flexibility index (Phi) is 4.94. The number of hydrogen-bond donors (Lipinski definition) is 0. The molecule has 0 N–H and O–H groups in total. The molecule has 10 heteroatoms. The van der Waals surface area contributed by atoms with Crippen molar-refractivity contribution in [2.24, 2.45) is 0 Å². The zero-order chi connectivity index (χ0) is 21.6. The van der Waals surface area contributed by atoms with E-state index in [1.165, 1.54) is 18.2 Å². The summed E-state index contributed by atoms with van der Waals surface area (Å²) >= 11 is 5.85. The van der Waals surface area contributed by atoms with Crippen LogP contribution in [0.1, 0.15) is 11.0 Å². The molecule has 0 saturated carbocycles. The number of ether oxygens (including phenoxy) is 1. The number of hydrogen-bond acceptors (Lipinski definition) is 7. The van der Waals surface area contributed by atoms with E-state index in [-0.39, 0.29) is 16.2 Å². The first-order valence-corrected chi connectivity index (χ1v) is 11.6. The van der Waals surface area contributed by atoms with Gasteiger partial charge in [-0.2, -0.15) is 0 Å². The molecule has 1 saturated heterocycles. The summed E-state index contributed by atoms with van der Waals surface area (Å²) < 4.78 is 45.2. The Morgan fingerprint density at radius 3 is 2.42 bits per heavy atom. The third kappa shape index (κ3) is 3.68. The van der Waals surface area contributed by atoms with E-state index >= 15 is 0 Å². The predicted octanol–water partition coefficient (Wildman–Crippen LogP) is 3.46. The lowest BCUT2D eigenvalue weighted by Crippen LogP contribution is -2.47. The zero-order valence-electron chi connectivity index (χ0n) is 16.3. The average Bonchev–Trinajstić information content (AvgIpc) is 3.04. The van der Waals surface area contributed by atoms with Gasteiger partial charge in [-0.3, -0.25) is 0 Å². The van der Waals surface area contributed by atoms with Crippen LogP contribution in [0.5, 0.6) is 5.75 Å². The standard InChI is InChI=1S/C21H18ClFN4O3S/c22-15-12-24-21(25-13-15)27-8-6-26(7-9-27)17-4-5-19-18(11-17)30-20(31(19,28)29)14-2-1-3-16(23)10-14/h1-5,10-13,20H,6-9H2. The fraction of sp³-hybridized carbons (Fsp3) is 0.238. The summed E-state index contributed by atoms with van der Waals surface area (Å²) in [7, 11) is -3.75. The summed E-state index contributed by atoms with van der Waals surface area (Å²) in [6.45, 7) is 2.85. The topological polar surface area (TPSA) is 75.6 Å². The van der Waals surface area contributed by atoms with Crippen molar-refractivity contribution in [2.75, 3.05) is 36.0 Å². The fourth-order valence-electron chi connectivity index (χ4n) is 3.85. The van der Waals surface area contributed by atoms with Crippen molar-refractivity contribution in [3.63, 3.8) is 0 Å². The summed E-state index contributed by atoms with van der Waals surface area (Å²) in [5.41, 5.74) is -0.104. The van der Waals surface area contributed by atoms with Gasteiger partial charge in [-0.1, -0.05) is 23.7 Å². The normalized spacial score (nSPS) is 19.7. The first-order chi connectivity index (χ1) is 14.9. The maximum Gasteiger partial charge on any atom is 0.228 e. The fourth-order valence-corrected chi connectivity index (χ4v) is 5.56. The van der Waals surface area contributed by atoms with Crippen LogP contribution in [0.25, 0.3) is 0 Å². The molecule has 7 nitrogen and oxygen atoms in total. The molecule has 0 aliphatic carbocycles. The van der Waals surface area contributed by atoms with Crippen LogP contribution in [-0.4, -0.2) is 44.6 Å². The molecule has 1 aromatic heterocycles. The van der Waals surface area contributed by atoms with Gasteiger partial charge in [0.25, 0.3) is 0 Å². The number of piperazine rings is 1. The molecular weight excluding hydrogens is 443 g/mol. The number of halogens is 2. The van der Waals surface area contributed by atoms with Crippen LogP contribution in [0.15, 0.2) is 59.8 Å². The molecule has 2 aliphatic heterocycles. The van der Waals surface area contributed by atoms with E-state index in [0.29, 0.717) is 37.1 Å². The Morgan fingerprint density at radius 1 is 1.00 bits per heavy atom. The Balaban J connectivity index is 1.34. The van der Waals surface area contributed by atoms with Crippen LogP contribution < -0.4 is 14.5 Å². The van der Waals surface area contributed by atoms with Crippen LogP contribution in [0.4, 0.5) is 16.0 Å². The number of rotatable bonds is 3. The SMILES string of the molecule is O=S1(=O)c2ccc(N3CCN(c4ncc(Cl)cn4)CC3)cc2OC1c1cccc(F)c1. The molecule has 0 bridgehead atoms. The average molecular weight is 461 g/mol. The molecule has 0 spiro atoms. The second kappa shape index (κ2) is 7.65. The maximum absolute atomic E-state index is 13.6. The lowest BCUT2D eigenvalue weighted by molar-refractivity contribution is 0.292. The predicted molar refractivity (Wildman–Crippen MR) is 115 cm³/mol. The molecule has 3 aromatic rings. The first kappa shape index (κ1) is 20.0. The first-order valence-electron chi connectivity index (χ1n) is 9.69. The van der Waals surface area contributed by atoms with Crippen LogP contribution in [0, 0.1) is 5.82 Å². The summed E-state index contributed by atoms with van der Waals surface area (Å²) in [5.74, 6) is 0.413. The number of anilines is 2. The van der Waals surface area contributed by atoms with E-state index in [0.717, 1.165) is 5.69 Å². The van der Waals surface area contributed by atoms with Crippen LogP contribution in [-0.2, 0) is 9.84 Å². The molecule has 0 radical (unpaired) electrons. The van der Waals surface area contributed by atoms with Gasteiger partial charge in [0.1, 0.15) is 16.5 Å². The van der Waals surface area contributed by atoms with Gasteiger partial charge >= 0.3 is 0 Å². The molecule has 1 unspecified atom stereocenters. The van der Waals surface area contributed by atoms with E-state index in [1.54, 1.807) is 36.7 Å². The van der Waals surface area contributed by atoms with E-state index in [1.807, 2.05) is 0 Å². The van der Waals surface area contributed by atoms with E-state index in [4.69, 9.17) is 16.3 Å². The van der Waals surface area contributed by atoms with Crippen molar-refractivity contribution in [1.29, 1.82) is 0 Å². The number of nitrogens with zero attached hydrogens (tertiary/aromatic N) is 4. The molecule has 2 aliphatic rings. The lowest BCUT2D eigenvalue weighted by atomic mass is 10.2. The minimum absolute atomic E-state index is 0.124. The third-order valence-corrected chi connectivity index (χ3v) is 7.48. The quantitative estimate of drug-likeness (QED) is 0.592. The van der Waals surface area contributed by atoms with Gasteiger partial charge in [-0.25, -0.2) is 22.8 Å². The molecule has 5 rings (SSSR count). The van der Waals surface area contributed by atoms with Crippen LogP contribution >= 0.6 is 11.6 Å². The van der Waals surface area contributed by atoms with Crippen molar-refractivity contribution in [2.45, 2.75) is 10.3 Å². The van der Waals surface area contributed by atoms with Crippen LogP contribution in [0.3, 0.4) is 0 Å². The van der Waals surface area contributed by atoms with Gasteiger partial charge in [-0.15, -0.1) is 0 Å². The van der Waals surface area contributed by atoms with Gasteiger partial charge in [0, 0.05) is 43.5 Å². The Hall–Kier alpha value is -2.91. The van der Waals surface area contributed by atoms with E-state index in [2.05, 4.69) is 19.8 Å². The lowest BCUT2D eigenvalue weighted by Gasteiger charge is -2.36. The highest BCUT2D eigenvalue weighted by atomic mass is 35.5. The molecule has 2 aromatic carbocycles. The minimum Gasteiger partial charge on any atom is -0.468 e. The van der Waals surface area contributed by atoms with Gasteiger partial charge in [0.15, 0.2) is 0 Å². The van der Waals surface area contributed by atoms with Crippen molar-refractivity contribution in [3.8, 4) is 5.75 Å². The number of aromatic nitrogens is 2.